The molecule has 3 amide bonds. The largest absolute Gasteiger partial charge is 0.481 e. The van der Waals surface area contributed by atoms with Crippen LogP contribution in [0.25, 0.3) is 0 Å². The summed E-state index contributed by atoms with van der Waals surface area (Å²) >= 11 is 0. The normalized spacial score (nSPS) is 11.7. The predicted octanol–water partition coefficient (Wildman–Crippen LogP) is 0.210. The van der Waals surface area contributed by atoms with Crippen LogP contribution < -0.4 is 10.6 Å². The Hall–Kier alpha value is -2.38. The first-order chi connectivity index (χ1) is 9.47. The van der Waals surface area contributed by atoms with Gasteiger partial charge in [-0.3, -0.25) is 14.9 Å². The number of imidazole rings is 1. The minimum Gasteiger partial charge on any atom is -0.481 e. The van der Waals surface area contributed by atoms with Crippen LogP contribution in [0, 0.1) is 5.92 Å². The number of hydrogen-bond donors (Lipinski definition) is 3. The van der Waals surface area contributed by atoms with E-state index < -0.39 is 17.9 Å². The first-order valence-electron chi connectivity index (χ1n) is 6.22. The Labute approximate surface area is 116 Å². The number of nitrogens with zero attached hydrogens (tertiary/aromatic N) is 2. The van der Waals surface area contributed by atoms with Gasteiger partial charge in [0.15, 0.2) is 0 Å². The highest BCUT2D eigenvalue weighted by molar-refractivity contribution is 5.94. The van der Waals surface area contributed by atoms with Gasteiger partial charge in [0.2, 0.25) is 5.91 Å². The van der Waals surface area contributed by atoms with E-state index in [0.717, 1.165) is 0 Å². The average Bonchev–Trinajstić information content (AvgIpc) is 2.80. The van der Waals surface area contributed by atoms with Crippen LogP contribution in [0.3, 0.4) is 0 Å². The molecule has 0 fully saturated rings. The fourth-order valence-corrected chi connectivity index (χ4v) is 1.63. The van der Waals surface area contributed by atoms with Crippen molar-refractivity contribution in [2.24, 2.45) is 5.92 Å². The topological polar surface area (TPSA) is 113 Å². The highest BCUT2D eigenvalue weighted by Gasteiger charge is 2.14. The van der Waals surface area contributed by atoms with Gasteiger partial charge in [0.25, 0.3) is 0 Å². The van der Waals surface area contributed by atoms with Gasteiger partial charge in [-0.05, 0) is 5.92 Å². The Morgan fingerprint density at radius 2 is 2.10 bits per heavy atom. The van der Waals surface area contributed by atoms with Crippen molar-refractivity contribution in [2.75, 3.05) is 6.54 Å². The summed E-state index contributed by atoms with van der Waals surface area (Å²) in [6.07, 6.45) is 4.92. The zero-order valence-electron chi connectivity index (χ0n) is 11.2. The Kier molecular flexibility index (Phi) is 6.21. The summed E-state index contributed by atoms with van der Waals surface area (Å²) < 4.78 is 1.79. The number of aromatic nitrogens is 2. The highest BCUT2D eigenvalue weighted by Crippen LogP contribution is 2.06. The minimum atomic E-state index is -0.963. The average molecular weight is 282 g/mol. The Balaban J connectivity index is 2.17. The summed E-state index contributed by atoms with van der Waals surface area (Å²) in [4.78, 5) is 37.2. The number of carboxylic acid groups (broad SMARTS) is 1. The molecule has 1 aromatic rings. The summed E-state index contributed by atoms with van der Waals surface area (Å²) in [6.45, 7) is 2.56. The fraction of sp³-hybridized carbons (Fsp3) is 0.500. The second kappa shape index (κ2) is 7.93. The molecule has 0 aliphatic carbocycles. The Morgan fingerprint density at radius 1 is 1.35 bits per heavy atom. The molecule has 1 heterocycles. The molecule has 3 N–H and O–H groups in total. The minimum absolute atomic E-state index is 0.00123. The Bertz CT molecular complexity index is 458. The van der Waals surface area contributed by atoms with Crippen LogP contribution in [0.2, 0.25) is 0 Å². The van der Waals surface area contributed by atoms with Crippen molar-refractivity contribution in [3.63, 3.8) is 0 Å². The zero-order valence-corrected chi connectivity index (χ0v) is 11.2. The number of carbonyl (C=O) groups is 3. The Morgan fingerprint density at radius 3 is 2.70 bits per heavy atom. The molecule has 0 aliphatic heterocycles. The lowest BCUT2D eigenvalue weighted by atomic mass is 10.0. The molecule has 1 aromatic heterocycles. The number of urea groups is 1. The zero-order chi connectivity index (χ0) is 15.0. The van der Waals surface area contributed by atoms with Gasteiger partial charge >= 0.3 is 12.0 Å². The van der Waals surface area contributed by atoms with Crippen LogP contribution in [-0.2, 0) is 16.1 Å². The van der Waals surface area contributed by atoms with Crippen molar-refractivity contribution in [1.29, 1.82) is 0 Å². The molecule has 0 aromatic carbocycles. The second-order valence-electron chi connectivity index (χ2n) is 4.51. The van der Waals surface area contributed by atoms with Crippen LogP contribution >= 0.6 is 0 Å². The van der Waals surface area contributed by atoms with E-state index in [0.29, 0.717) is 13.1 Å². The monoisotopic (exact) mass is 282 g/mol. The molecule has 1 atom stereocenters. The SMILES string of the molecule is CC(CC(=O)O)CC(=O)NC(=O)NCCn1ccnc1. The van der Waals surface area contributed by atoms with E-state index in [9.17, 15) is 14.4 Å². The smallest absolute Gasteiger partial charge is 0.321 e. The third kappa shape index (κ3) is 6.53. The number of nitrogens with one attached hydrogen (secondary N) is 2. The third-order valence-electron chi connectivity index (χ3n) is 2.52. The third-order valence-corrected chi connectivity index (χ3v) is 2.52. The van der Waals surface area contributed by atoms with Gasteiger partial charge < -0.3 is 15.0 Å². The summed E-state index contributed by atoms with van der Waals surface area (Å²) in [5.74, 6) is -1.76. The first-order valence-corrected chi connectivity index (χ1v) is 6.22. The van der Waals surface area contributed by atoms with Crippen LogP contribution in [-0.4, -0.2) is 39.1 Å². The van der Waals surface area contributed by atoms with Crippen molar-refractivity contribution in [3.05, 3.63) is 18.7 Å². The quantitative estimate of drug-likeness (QED) is 0.661. The van der Waals surface area contributed by atoms with E-state index in [2.05, 4.69) is 15.6 Å². The number of carbonyl (C=O) groups excluding carboxylic acids is 2. The predicted molar refractivity (Wildman–Crippen MR) is 69.8 cm³/mol. The van der Waals surface area contributed by atoms with Crippen LogP contribution in [0.5, 0.6) is 0 Å². The van der Waals surface area contributed by atoms with Crippen molar-refractivity contribution in [3.8, 4) is 0 Å². The molecule has 1 unspecified atom stereocenters. The van der Waals surface area contributed by atoms with E-state index in [-0.39, 0.29) is 18.8 Å². The van der Waals surface area contributed by atoms with Gasteiger partial charge in [0, 0.05) is 38.3 Å². The van der Waals surface area contributed by atoms with Gasteiger partial charge in [-0.2, -0.15) is 0 Å². The molecule has 8 heteroatoms. The van der Waals surface area contributed by atoms with Gasteiger partial charge in [-0.25, -0.2) is 9.78 Å². The maximum Gasteiger partial charge on any atom is 0.321 e. The molecule has 0 radical (unpaired) electrons. The molecule has 0 spiro atoms. The van der Waals surface area contributed by atoms with Crippen molar-refractivity contribution < 1.29 is 19.5 Å². The molecule has 20 heavy (non-hydrogen) atoms. The van der Waals surface area contributed by atoms with Gasteiger partial charge in [0.05, 0.1) is 6.33 Å². The van der Waals surface area contributed by atoms with E-state index in [1.807, 2.05) is 0 Å². The number of aliphatic carboxylic acids is 1. The second-order valence-corrected chi connectivity index (χ2v) is 4.51. The van der Waals surface area contributed by atoms with E-state index in [1.165, 1.54) is 0 Å². The van der Waals surface area contributed by atoms with Crippen LogP contribution in [0.15, 0.2) is 18.7 Å². The van der Waals surface area contributed by atoms with Crippen molar-refractivity contribution >= 4 is 17.9 Å². The molecule has 110 valence electrons. The molecular weight excluding hydrogens is 264 g/mol. The van der Waals surface area contributed by atoms with Gasteiger partial charge in [0.1, 0.15) is 0 Å². The fourth-order valence-electron chi connectivity index (χ4n) is 1.63. The maximum absolute atomic E-state index is 11.5. The molecular formula is C12H18N4O4. The van der Waals surface area contributed by atoms with E-state index >= 15 is 0 Å². The standard InChI is InChI=1S/C12H18N4O4/c1-9(7-11(18)19)6-10(17)15-12(20)14-3-5-16-4-2-13-8-16/h2,4,8-9H,3,5-7H2,1H3,(H,18,19)(H2,14,15,17,20). The summed E-state index contributed by atoms with van der Waals surface area (Å²) in [6, 6.07) is -0.586. The highest BCUT2D eigenvalue weighted by atomic mass is 16.4. The number of amides is 3. The molecule has 1 rings (SSSR count). The number of imide groups is 1. The summed E-state index contributed by atoms with van der Waals surface area (Å²) in [5.41, 5.74) is 0. The van der Waals surface area contributed by atoms with Crippen molar-refractivity contribution in [1.82, 2.24) is 20.2 Å². The molecule has 0 saturated heterocycles. The number of rotatable bonds is 7. The lowest BCUT2D eigenvalue weighted by Crippen LogP contribution is -2.41. The van der Waals surface area contributed by atoms with Gasteiger partial charge in [-0.1, -0.05) is 6.92 Å². The summed E-state index contributed by atoms with van der Waals surface area (Å²) in [5, 5.41) is 13.3. The van der Waals surface area contributed by atoms with Crippen molar-refractivity contribution in [2.45, 2.75) is 26.3 Å². The number of hydrogen-bond acceptors (Lipinski definition) is 4. The molecule has 0 bridgehead atoms. The van der Waals surface area contributed by atoms with Crippen LogP contribution in [0.4, 0.5) is 4.79 Å². The molecule has 8 nitrogen and oxygen atoms in total. The molecule has 0 aliphatic rings. The number of carboxylic acids is 1. The van der Waals surface area contributed by atoms with Gasteiger partial charge in [-0.15, -0.1) is 0 Å². The molecule has 0 saturated carbocycles. The van der Waals surface area contributed by atoms with Crippen LogP contribution in [0.1, 0.15) is 19.8 Å². The first kappa shape index (κ1) is 15.7. The van der Waals surface area contributed by atoms with E-state index in [1.54, 1.807) is 30.2 Å². The maximum atomic E-state index is 11.5. The van der Waals surface area contributed by atoms with E-state index in [4.69, 9.17) is 5.11 Å². The summed E-state index contributed by atoms with van der Waals surface area (Å²) in [7, 11) is 0. The lowest BCUT2D eigenvalue weighted by molar-refractivity contribution is -0.138. The lowest BCUT2D eigenvalue weighted by Gasteiger charge is -2.09.